The van der Waals surface area contributed by atoms with Crippen molar-refractivity contribution >= 4 is 7.60 Å². The Kier molecular flexibility index (Phi) is 4.26. The van der Waals surface area contributed by atoms with Gasteiger partial charge in [-0.1, -0.05) is 13.8 Å². The fourth-order valence-electron chi connectivity index (χ4n) is 0.965. The van der Waals surface area contributed by atoms with Crippen molar-refractivity contribution in [1.82, 2.24) is 4.90 Å². The maximum atomic E-state index is 10.7. The average molecular weight is 181 g/mol. The molecule has 1 unspecified atom stereocenters. The zero-order valence-electron chi connectivity index (χ0n) is 7.19. The molecule has 0 fully saturated rings. The van der Waals surface area contributed by atoms with E-state index in [0.29, 0.717) is 13.1 Å². The van der Waals surface area contributed by atoms with Crippen molar-refractivity contribution in [3.63, 3.8) is 0 Å². The molecule has 5 heteroatoms. The third-order valence-electron chi connectivity index (χ3n) is 1.83. The molecule has 0 spiro atoms. The quantitative estimate of drug-likeness (QED) is 0.631. The Balaban J connectivity index is 4.21. The van der Waals surface area contributed by atoms with Gasteiger partial charge in [0.1, 0.15) is 5.78 Å². The molecular formula is C6H16NO3P. The zero-order chi connectivity index (χ0) is 9.07. The molecule has 0 amide bonds. The minimum atomic E-state index is -3.92. The molecule has 1 atom stereocenters. The Bertz CT molecular complexity index is 152. The van der Waals surface area contributed by atoms with E-state index in [1.54, 1.807) is 11.8 Å². The van der Waals surface area contributed by atoms with E-state index >= 15 is 0 Å². The fraction of sp³-hybridized carbons (Fsp3) is 1.00. The van der Waals surface area contributed by atoms with Crippen LogP contribution in [0.2, 0.25) is 0 Å². The molecule has 0 saturated carbocycles. The molecule has 4 nitrogen and oxygen atoms in total. The van der Waals surface area contributed by atoms with E-state index in [2.05, 4.69) is 0 Å². The van der Waals surface area contributed by atoms with Gasteiger partial charge in [0.25, 0.3) is 0 Å². The Morgan fingerprint density at radius 1 is 1.36 bits per heavy atom. The minimum absolute atomic E-state index is 0.655. The van der Waals surface area contributed by atoms with Crippen molar-refractivity contribution in [3.8, 4) is 0 Å². The van der Waals surface area contributed by atoms with Crippen LogP contribution in [0, 0.1) is 0 Å². The lowest BCUT2D eigenvalue weighted by Crippen LogP contribution is -2.32. The first-order chi connectivity index (χ1) is 4.93. The van der Waals surface area contributed by atoms with Crippen LogP contribution in [0.5, 0.6) is 0 Å². The highest BCUT2D eigenvalue weighted by Crippen LogP contribution is 2.42. The van der Waals surface area contributed by atoms with Crippen molar-refractivity contribution in [2.75, 3.05) is 13.1 Å². The molecule has 0 aliphatic heterocycles. The van der Waals surface area contributed by atoms with Crippen LogP contribution in [-0.2, 0) is 4.57 Å². The Hall–Kier alpha value is 0.110. The Morgan fingerprint density at radius 3 is 1.82 bits per heavy atom. The Labute approximate surface area is 67.4 Å². The molecule has 11 heavy (non-hydrogen) atoms. The average Bonchev–Trinajstić information content (AvgIpc) is 1.88. The van der Waals surface area contributed by atoms with Crippen molar-refractivity contribution in [3.05, 3.63) is 0 Å². The van der Waals surface area contributed by atoms with Crippen LogP contribution < -0.4 is 0 Å². The summed E-state index contributed by atoms with van der Waals surface area (Å²) in [5, 5.41) is 0. The van der Waals surface area contributed by atoms with Gasteiger partial charge in [-0.2, -0.15) is 0 Å². The molecule has 0 aromatic heterocycles. The van der Waals surface area contributed by atoms with Gasteiger partial charge in [-0.15, -0.1) is 0 Å². The van der Waals surface area contributed by atoms with Gasteiger partial charge in [-0.3, -0.25) is 9.46 Å². The first kappa shape index (κ1) is 11.1. The largest absolute Gasteiger partial charge is 0.342 e. The predicted molar refractivity (Wildman–Crippen MR) is 44.4 cm³/mol. The topological polar surface area (TPSA) is 60.8 Å². The SMILES string of the molecule is CCN(CC)C(C)P(=O)(O)O. The van der Waals surface area contributed by atoms with Crippen LogP contribution in [0.1, 0.15) is 20.8 Å². The van der Waals surface area contributed by atoms with Crippen molar-refractivity contribution < 1.29 is 14.4 Å². The van der Waals surface area contributed by atoms with Gasteiger partial charge in [-0.25, -0.2) is 0 Å². The van der Waals surface area contributed by atoms with Gasteiger partial charge >= 0.3 is 7.60 Å². The first-order valence-electron chi connectivity index (χ1n) is 3.72. The minimum Gasteiger partial charge on any atom is -0.323 e. The first-order valence-corrected chi connectivity index (χ1v) is 5.40. The molecule has 0 saturated heterocycles. The van der Waals surface area contributed by atoms with Crippen LogP contribution in [0.4, 0.5) is 0 Å². The second-order valence-corrected chi connectivity index (χ2v) is 4.37. The second-order valence-electron chi connectivity index (χ2n) is 2.44. The lowest BCUT2D eigenvalue weighted by molar-refractivity contribution is 0.241. The molecule has 0 heterocycles. The number of nitrogens with zero attached hydrogens (tertiary/aromatic N) is 1. The highest BCUT2D eigenvalue weighted by Gasteiger charge is 2.27. The van der Waals surface area contributed by atoms with Gasteiger partial charge in [-0.05, 0) is 20.0 Å². The van der Waals surface area contributed by atoms with E-state index in [9.17, 15) is 4.57 Å². The third kappa shape index (κ3) is 3.34. The lowest BCUT2D eigenvalue weighted by atomic mass is 10.5. The van der Waals surface area contributed by atoms with E-state index in [1.165, 1.54) is 0 Å². The summed E-state index contributed by atoms with van der Waals surface area (Å²) in [7, 11) is -3.92. The van der Waals surface area contributed by atoms with Gasteiger partial charge in [0, 0.05) is 0 Å². The van der Waals surface area contributed by atoms with Crippen LogP contribution in [-0.4, -0.2) is 33.6 Å². The van der Waals surface area contributed by atoms with Crippen LogP contribution in [0.15, 0.2) is 0 Å². The number of hydrogen-bond donors (Lipinski definition) is 2. The summed E-state index contributed by atoms with van der Waals surface area (Å²) in [6.07, 6.45) is 0. The Morgan fingerprint density at radius 2 is 1.73 bits per heavy atom. The fourth-order valence-corrected chi connectivity index (χ4v) is 1.72. The molecular weight excluding hydrogens is 165 g/mol. The van der Waals surface area contributed by atoms with E-state index in [4.69, 9.17) is 9.79 Å². The van der Waals surface area contributed by atoms with Gasteiger partial charge in [0.2, 0.25) is 0 Å². The molecule has 68 valence electrons. The third-order valence-corrected chi connectivity index (χ3v) is 3.13. The van der Waals surface area contributed by atoms with Crippen molar-refractivity contribution in [1.29, 1.82) is 0 Å². The number of rotatable bonds is 4. The van der Waals surface area contributed by atoms with Crippen molar-refractivity contribution in [2.45, 2.75) is 26.6 Å². The standard InChI is InChI=1S/C6H16NO3P/c1-4-7(5-2)6(3)11(8,9)10/h6H,4-5H2,1-3H3,(H2,8,9,10). The molecule has 0 rings (SSSR count). The van der Waals surface area contributed by atoms with Gasteiger partial charge in [0.05, 0.1) is 0 Å². The zero-order valence-corrected chi connectivity index (χ0v) is 8.08. The van der Waals surface area contributed by atoms with E-state index in [-0.39, 0.29) is 0 Å². The molecule has 2 N–H and O–H groups in total. The second kappa shape index (κ2) is 4.21. The lowest BCUT2D eigenvalue weighted by Gasteiger charge is -2.26. The molecule has 0 bridgehead atoms. The van der Waals surface area contributed by atoms with E-state index in [1.807, 2.05) is 13.8 Å². The maximum Gasteiger partial charge on any atom is 0.342 e. The molecule has 0 aliphatic carbocycles. The summed E-state index contributed by atoms with van der Waals surface area (Å²) >= 11 is 0. The van der Waals surface area contributed by atoms with E-state index < -0.39 is 13.4 Å². The van der Waals surface area contributed by atoms with Gasteiger partial charge in [0.15, 0.2) is 0 Å². The summed E-state index contributed by atoms with van der Waals surface area (Å²) in [6, 6.07) is 0. The van der Waals surface area contributed by atoms with Crippen molar-refractivity contribution in [2.24, 2.45) is 0 Å². The van der Waals surface area contributed by atoms with Crippen LogP contribution in [0.3, 0.4) is 0 Å². The summed E-state index contributed by atoms with van der Waals surface area (Å²) in [5.41, 5.74) is 0. The van der Waals surface area contributed by atoms with Gasteiger partial charge < -0.3 is 9.79 Å². The maximum absolute atomic E-state index is 10.7. The molecule has 0 aliphatic rings. The normalized spacial score (nSPS) is 15.5. The summed E-state index contributed by atoms with van der Waals surface area (Å²) in [5.74, 6) is -0.655. The molecule has 0 radical (unpaired) electrons. The smallest absolute Gasteiger partial charge is 0.323 e. The molecule has 0 aromatic carbocycles. The number of hydrogen-bond acceptors (Lipinski definition) is 2. The van der Waals surface area contributed by atoms with Crippen LogP contribution in [0.25, 0.3) is 0 Å². The summed E-state index contributed by atoms with van der Waals surface area (Å²) in [4.78, 5) is 19.3. The molecule has 0 aromatic rings. The predicted octanol–water partition coefficient (Wildman–Crippen LogP) is 0.852. The summed E-state index contributed by atoms with van der Waals surface area (Å²) in [6.45, 7) is 6.66. The highest BCUT2D eigenvalue weighted by molar-refractivity contribution is 7.52. The van der Waals surface area contributed by atoms with Crippen LogP contribution >= 0.6 is 7.60 Å². The highest BCUT2D eigenvalue weighted by atomic mass is 31.2. The monoisotopic (exact) mass is 181 g/mol. The summed E-state index contributed by atoms with van der Waals surface area (Å²) < 4.78 is 10.7. The van der Waals surface area contributed by atoms with E-state index in [0.717, 1.165) is 0 Å².